The van der Waals surface area contributed by atoms with Crippen LogP contribution in [0.15, 0.2) is 109 Å². The summed E-state index contributed by atoms with van der Waals surface area (Å²) in [6.45, 7) is 2.64. The van der Waals surface area contributed by atoms with Crippen LogP contribution in [0.1, 0.15) is 239 Å². The first-order chi connectivity index (χ1) is 41.6. The molecule has 2 fully saturated rings. The molecule has 14 heteroatoms. The van der Waals surface area contributed by atoms with Gasteiger partial charge in [0.15, 0.2) is 12.6 Å². The highest BCUT2D eigenvalue weighted by Crippen LogP contribution is 2.30. The molecule has 0 bridgehead atoms. The third-order valence-corrected chi connectivity index (χ3v) is 15.7. The van der Waals surface area contributed by atoms with E-state index in [1.165, 1.54) is 128 Å². The standard InChI is InChI=1S/C71H121NO13/c1-3-5-7-9-11-13-15-17-19-21-23-25-26-27-28-29-30-31-32-33-35-36-38-40-42-44-46-48-50-52-54-60(75)59(58-82-70-68(81)66(79)69(62(57-74)84-70)85-71-67(80)65(78)64(77)61(56-73)83-71)72-63(76)55-53-51-49-47-45-43-41-39-37-34-24-22-20-18-16-14-12-10-8-6-4-2/h6,8,12,14,18,20,24,34,36,38-39,41,44-47,52,54,59-62,64-71,73-75,77-81H,3-5,7,9-11,13,15-17,19,21-23,25-33,35,37,40,42-43,48-51,53,55-58H2,1-2H3,(H,72,76)/b8-6-,14-12-,20-18-,34-24-,38-36+,41-39-,46-44+,47-45-,54-52+. The van der Waals surface area contributed by atoms with E-state index >= 15 is 0 Å². The van der Waals surface area contributed by atoms with Gasteiger partial charge in [-0.15, -0.1) is 0 Å². The Morgan fingerprint density at radius 1 is 0.435 bits per heavy atom. The molecule has 0 aromatic carbocycles. The van der Waals surface area contributed by atoms with Crippen LogP contribution in [0.5, 0.6) is 0 Å². The van der Waals surface area contributed by atoms with Gasteiger partial charge in [-0.25, -0.2) is 0 Å². The third-order valence-electron chi connectivity index (χ3n) is 15.7. The Bertz CT molecular complexity index is 1840. The van der Waals surface area contributed by atoms with E-state index < -0.39 is 86.8 Å². The number of unbranched alkanes of at least 4 members (excludes halogenated alkanes) is 24. The minimum absolute atomic E-state index is 0.208. The lowest BCUT2D eigenvalue weighted by Crippen LogP contribution is -2.65. The Hall–Kier alpha value is -3.35. The summed E-state index contributed by atoms with van der Waals surface area (Å²) >= 11 is 0. The van der Waals surface area contributed by atoms with Crippen LogP contribution in [-0.4, -0.2) is 140 Å². The number of aliphatic hydroxyl groups excluding tert-OH is 8. The largest absolute Gasteiger partial charge is 0.394 e. The number of amides is 1. The fourth-order valence-electron chi connectivity index (χ4n) is 10.3. The van der Waals surface area contributed by atoms with Crippen LogP contribution in [0, 0.1) is 0 Å². The molecule has 0 aliphatic carbocycles. The first-order valence-electron chi connectivity index (χ1n) is 33.6. The number of carbonyl (C=O) groups is 1. The number of hydrogen-bond donors (Lipinski definition) is 9. The van der Waals surface area contributed by atoms with E-state index in [4.69, 9.17) is 18.9 Å². The monoisotopic (exact) mass is 1200 g/mol. The van der Waals surface area contributed by atoms with Crippen molar-refractivity contribution in [1.29, 1.82) is 0 Å². The van der Waals surface area contributed by atoms with Gasteiger partial charge in [-0.1, -0.05) is 245 Å². The maximum atomic E-state index is 13.3. The molecule has 14 nitrogen and oxygen atoms in total. The molecule has 1 amide bonds. The van der Waals surface area contributed by atoms with Crippen molar-refractivity contribution in [3.05, 3.63) is 109 Å². The van der Waals surface area contributed by atoms with Gasteiger partial charge in [0, 0.05) is 6.42 Å². The number of hydrogen-bond acceptors (Lipinski definition) is 13. The van der Waals surface area contributed by atoms with E-state index in [0.29, 0.717) is 12.8 Å². The maximum Gasteiger partial charge on any atom is 0.220 e. The zero-order valence-electron chi connectivity index (χ0n) is 52.8. The molecule has 488 valence electrons. The molecule has 12 atom stereocenters. The number of rotatable bonds is 53. The number of allylic oxidation sites excluding steroid dienone is 17. The smallest absolute Gasteiger partial charge is 0.220 e. The van der Waals surface area contributed by atoms with E-state index in [1.54, 1.807) is 6.08 Å². The van der Waals surface area contributed by atoms with Crippen molar-refractivity contribution < 1.29 is 64.6 Å². The zero-order valence-corrected chi connectivity index (χ0v) is 52.8. The van der Waals surface area contributed by atoms with Crippen LogP contribution in [0.3, 0.4) is 0 Å². The molecule has 2 aliphatic heterocycles. The number of nitrogens with one attached hydrogen (secondary N) is 1. The van der Waals surface area contributed by atoms with Crippen LogP contribution in [0.2, 0.25) is 0 Å². The summed E-state index contributed by atoms with van der Waals surface area (Å²) in [6, 6.07) is -0.971. The number of aliphatic hydroxyl groups is 8. The van der Waals surface area contributed by atoms with Gasteiger partial charge >= 0.3 is 0 Å². The van der Waals surface area contributed by atoms with E-state index in [9.17, 15) is 45.6 Å². The van der Waals surface area contributed by atoms with Gasteiger partial charge in [0.05, 0.1) is 32.0 Å². The minimum atomic E-state index is -1.80. The lowest BCUT2D eigenvalue weighted by atomic mass is 9.97. The molecule has 0 radical (unpaired) electrons. The van der Waals surface area contributed by atoms with Crippen molar-refractivity contribution in [2.45, 2.75) is 312 Å². The molecule has 2 saturated heterocycles. The Balaban J connectivity index is 1.75. The van der Waals surface area contributed by atoms with Crippen molar-refractivity contribution in [1.82, 2.24) is 5.32 Å². The first-order valence-corrected chi connectivity index (χ1v) is 33.6. The van der Waals surface area contributed by atoms with E-state index in [1.807, 2.05) is 6.08 Å². The highest BCUT2D eigenvalue weighted by Gasteiger charge is 2.51. The molecule has 2 aliphatic rings. The minimum Gasteiger partial charge on any atom is -0.394 e. The fraction of sp³-hybridized carbons (Fsp3) is 0.732. The summed E-state index contributed by atoms with van der Waals surface area (Å²) in [5.74, 6) is -0.298. The Kier molecular flexibility index (Phi) is 50.1. The summed E-state index contributed by atoms with van der Waals surface area (Å²) in [4.78, 5) is 13.3. The number of carbonyl (C=O) groups excluding carboxylic acids is 1. The maximum absolute atomic E-state index is 13.3. The molecule has 12 unspecified atom stereocenters. The molecular formula is C71H121NO13. The van der Waals surface area contributed by atoms with E-state index in [2.05, 4.69) is 116 Å². The lowest BCUT2D eigenvalue weighted by molar-refractivity contribution is -0.359. The summed E-state index contributed by atoms with van der Waals surface area (Å²) in [5, 5.41) is 87.2. The quantitative estimate of drug-likeness (QED) is 0.0204. The van der Waals surface area contributed by atoms with Gasteiger partial charge < -0.3 is 65.1 Å². The fourth-order valence-corrected chi connectivity index (χ4v) is 10.3. The van der Waals surface area contributed by atoms with Crippen molar-refractivity contribution in [2.75, 3.05) is 19.8 Å². The van der Waals surface area contributed by atoms with Crippen LogP contribution >= 0.6 is 0 Å². The average Bonchev–Trinajstić information content (AvgIpc) is 3.69. The van der Waals surface area contributed by atoms with Gasteiger partial charge in [-0.2, -0.15) is 0 Å². The normalized spacial score (nSPS) is 24.3. The van der Waals surface area contributed by atoms with Crippen LogP contribution in [0.4, 0.5) is 0 Å². The summed E-state index contributed by atoms with van der Waals surface area (Å²) in [5.41, 5.74) is 0. The van der Waals surface area contributed by atoms with Gasteiger partial charge in [0.25, 0.3) is 0 Å². The molecule has 0 aromatic rings. The predicted molar refractivity (Wildman–Crippen MR) is 345 cm³/mol. The van der Waals surface area contributed by atoms with Crippen LogP contribution in [-0.2, 0) is 23.7 Å². The zero-order chi connectivity index (χ0) is 61.6. The first kappa shape index (κ1) is 77.7. The van der Waals surface area contributed by atoms with Gasteiger partial charge in [-0.05, 0) is 96.3 Å². The molecule has 2 heterocycles. The Morgan fingerprint density at radius 3 is 1.29 bits per heavy atom. The van der Waals surface area contributed by atoms with Gasteiger partial charge in [0.1, 0.15) is 48.8 Å². The lowest BCUT2D eigenvalue weighted by Gasteiger charge is -2.46. The Morgan fingerprint density at radius 2 is 0.824 bits per heavy atom. The molecular weight excluding hydrogens is 1070 g/mol. The van der Waals surface area contributed by atoms with E-state index in [-0.39, 0.29) is 18.9 Å². The highest BCUT2D eigenvalue weighted by atomic mass is 16.7. The second-order valence-corrected chi connectivity index (χ2v) is 23.2. The van der Waals surface area contributed by atoms with Crippen molar-refractivity contribution in [3.63, 3.8) is 0 Å². The average molecular weight is 1200 g/mol. The topological polar surface area (TPSA) is 228 Å². The second kappa shape index (κ2) is 54.8. The second-order valence-electron chi connectivity index (χ2n) is 23.2. The SMILES string of the molecule is CC/C=C\C/C=C\C/C=C\C/C=C\C/C=C\C/C=C\CCCCC(=O)NC(COC1OC(CO)C(OC2OC(CO)C(O)C(O)C2O)C(O)C1O)C(O)/C=C/CC/C=C/CC/C=C/CCCCCCCCCCCCCCCCCCCCCC. The molecule has 9 N–H and O–H groups in total. The van der Waals surface area contributed by atoms with Crippen LogP contribution < -0.4 is 5.32 Å². The van der Waals surface area contributed by atoms with Gasteiger partial charge in [-0.3, -0.25) is 4.79 Å². The van der Waals surface area contributed by atoms with Gasteiger partial charge in [0.2, 0.25) is 5.91 Å². The van der Waals surface area contributed by atoms with Crippen molar-refractivity contribution in [3.8, 4) is 0 Å². The highest BCUT2D eigenvalue weighted by molar-refractivity contribution is 5.76. The third kappa shape index (κ3) is 39.3. The molecule has 2 rings (SSSR count). The number of ether oxygens (including phenoxy) is 4. The molecule has 0 aromatic heterocycles. The summed E-state index contributed by atoms with van der Waals surface area (Å²) < 4.78 is 22.8. The van der Waals surface area contributed by atoms with Crippen molar-refractivity contribution in [2.24, 2.45) is 0 Å². The predicted octanol–water partition coefficient (Wildman–Crippen LogP) is 13.2. The molecule has 0 saturated carbocycles. The van der Waals surface area contributed by atoms with Crippen molar-refractivity contribution >= 4 is 5.91 Å². The molecule has 85 heavy (non-hydrogen) atoms. The van der Waals surface area contributed by atoms with Crippen LogP contribution in [0.25, 0.3) is 0 Å². The summed E-state index contributed by atoms with van der Waals surface area (Å²) in [7, 11) is 0. The van der Waals surface area contributed by atoms with E-state index in [0.717, 1.165) is 77.0 Å². The Labute approximate surface area is 515 Å². The summed E-state index contributed by atoms with van der Waals surface area (Å²) in [6.07, 6.45) is 61.5. The molecule has 0 spiro atoms.